The maximum absolute atomic E-state index is 12.3. The molecule has 120 valence electrons. The number of carbonyl (C=O) groups is 1. The zero-order chi connectivity index (χ0) is 16.3. The van der Waals surface area contributed by atoms with Crippen molar-refractivity contribution >= 4 is 17.9 Å². The lowest BCUT2D eigenvalue weighted by atomic mass is 9.99. The van der Waals surface area contributed by atoms with Crippen molar-refractivity contribution in [1.82, 2.24) is 14.5 Å². The summed E-state index contributed by atoms with van der Waals surface area (Å²) in [5, 5.41) is 0. The Morgan fingerprint density at radius 2 is 2.00 bits per heavy atom. The summed E-state index contributed by atoms with van der Waals surface area (Å²) < 4.78 is 7.55. The average molecular weight is 313 g/mol. The van der Waals surface area contributed by atoms with Gasteiger partial charge in [0.05, 0.1) is 23.8 Å². The highest BCUT2D eigenvalue weighted by Crippen LogP contribution is 2.28. The first-order valence-corrected chi connectivity index (χ1v) is 8.45. The second-order valence-electron chi connectivity index (χ2n) is 6.56. The number of aromatic nitrogens is 2. The quantitative estimate of drug-likeness (QED) is 0.836. The van der Waals surface area contributed by atoms with Crippen LogP contribution in [0.5, 0.6) is 0 Å². The van der Waals surface area contributed by atoms with Crippen LogP contribution in [0.15, 0.2) is 12.5 Å². The van der Waals surface area contributed by atoms with Gasteiger partial charge in [0.2, 0.25) is 0 Å². The molecule has 0 radical (unpaired) electrons. The van der Waals surface area contributed by atoms with Crippen LogP contribution in [-0.2, 0) is 16.8 Å². The Balaban J connectivity index is 2.94. The van der Waals surface area contributed by atoms with Gasteiger partial charge in [-0.1, -0.05) is 0 Å². The summed E-state index contributed by atoms with van der Waals surface area (Å²) in [5.74, 6) is 1.01. The summed E-state index contributed by atoms with van der Waals surface area (Å²) in [6.07, 6.45) is 5.39. The number of imidazole rings is 1. The standard InChI is InChI=1S/C15H27N3O2S/c1-14(2,3)20-13(19)17(6)15(4,5)12-10-16-11-18(12)8-9-21-7/h10-11H,8-9H2,1-7H3. The van der Waals surface area contributed by atoms with E-state index in [0.29, 0.717) is 0 Å². The van der Waals surface area contributed by atoms with Crippen LogP contribution in [0.2, 0.25) is 0 Å². The highest BCUT2D eigenvalue weighted by atomic mass is 32.2. The van der Waals surface area contributed by atoms with E-state index in [9.17, 15) is 4.79 Å². The molecule has 0 fully saturated rings. The highest BCUT2D eigenvalue weighted by molar-refractivity contribution is 7.98. The third kappa shape index (κ3) is 4.66. The molecular formula is C15H27N3O2S. The average Bonchev–Trinajstić information content (AvgIpc) is 2.82. The van der Waals surface area contributed by atoms with Gasteiger partial charge in [-0.15, -0.1) is 0 Å². The zero-order valence-electron chi connectivity index (χ0n) is 14.1. The Morgan fingerprint density at radius 1 is 1.38 bits per heavy atom. The van der Waals surface area contributed by atoms with E-state index < -0.39 is 11.1 Å². The molecule has 1 amide bonds. The Kier molecular flexibility index (Phi) is 5.73. The predicted molar refractivity (Wildman–Crippen MR) is 87.6 cm³/mol. The first-order chi connectivity index (χ1) is 9.59. The van der Waals surface area contributed by atoms with Gasteiger partial charge in [-0.05, 0) is 40.9 Å². The van der Waals surface area contributed by atoms with Crippen molar-refractivity contribution in [3.63, 3.8) is 0 Å². The van der Waals surface area contributed by atoms with Crippen LogP contribution in [0.1, 0.15) is 40.3 Å². The van der Waals surface area contributed by atoms with E-state index in [4.69, 9.17) is 4.74 Å². The molecule has 1 aromatic rings. The third-order valence-electron chi connectivity index (χ3n) is 3.38. The number of hydrogen-bond acceptors (Lipinski definition) is 4. The summed E-state index contributed by atoms with van der Waals surface area (Å²) in [6.45, 7) is 10.5. The largest absolute Gasteiger partial charge is 0.444 e. The maximum atomic E-state index is 12.3. The van der Waals surface area contributed by atoms with Gasteiger partial charge in [0.15, 0.2) is 0 Å². The number of amides is 1. The fourth-order valence-corrected chi connectivity index (χ4v) is 2.31. The Bertz CT molecular complexity index is 478. The van der Waals surface area contributed by atoms with E-state index in [1.807, 2.05) is 47.1 Å². The van der Waals surface area contributed by atoms with Crippen LogP contribution >= 0.6 is 11.8 Å². The van der Waals surface area contributed by atoms with Crippen molar-refractivity contribution in [2.75, 3.05) is 19.1 Å². The molecule has 0 aliphatic rings. The van der Waals surface area contributed by atoms with Crippen LogP contribution < -0.4 is 0 Å². The van der Waals surface area contributed by atoms with Crippen LogP contribution in [0, 0.1) is 0 Å². The number of thioether (sulfide) groups is 1. The van der Waals surface area contributed by atoms with Crippen molar-refractivity contribution in [1.29, 1.82) is 0 Å². The van der Waals surface area contributed by atoms with Crippen LogP contribution in [0.25, 0.3) is 0 Å². The lowest BCUT2D eigenvalue weighted by Gasteiger charge is -2.37. The maximum Gasteiger partial charge on any atom is 0.410 e. The van der Waals surface area contributed by atoms with Gasteiger partial charge in [-0.25, -0.2) is 9.78 Å². The van der Waals surface area contributed by atoms with Gasteiger partial charge in [0, 0.05) is 19.3 Å². The summed E-state index contributed by atoms with van der Waals surface area (Å²) in [4.78, 5) is 18.2. The van der Waals surface area contributed by atoms with Gasteiger partial charge in [-0.3, -0.25) is 0 Å². The van der Waals surface area contributed by atoms with Crippen LogP contribution in [0.4, 0.5) is 4.79 Å². The molecule has 21 heavy (non-hydrogen) atoms. The smallest absolute Gasteiger partial charge is 0.410 e. The molecule has 0 aliphatic heterocycles. The first-order valence-electron chi connectivity index (χ1n) is 7.06. The number of nitrogens with zero attached hydrogens (tertiary/aromatic N) is 3. The van der Waals surface area contributed by atoms with Gasteiger partial charge in [0.25, 0.3) is 0 Å². The number of carbonyl (C=O) groups excluding carboxylic acids is 1. The fraction of sp³-hybridized carbons (Fsp3) is 0.733. The lowest BCUT2D eigenvalue weighted by molar-refractivity contribution is 0.00918. The van der Waals surface area contributed by atoms with E-state index >= 15 is 0 Å². The summed E-state index contributed by atoms with van der Waals surface area (Å²) in [6, 6.07) is 0. The number of hydrogen-bond donors (Lipinski definition) is 0. The summed E-state index contributed by atoms with van der Waals surface area (Å²) >= 11 is 1.79. The van der Waals surface area contributed by atoms with Crippen LogP contribution in [0.3, 0.4) is 0 Å². The minimum Gasteiger partial charge on any atom is -0.444 e. The van der Waals surface area contributed by atoms with Crippen molar-refractivity contribution in [3.05, 3.63) is 18.2 Å². The third-order valence-corrected chi connectivity index (χ3v) is 3.97. The van der Waals surface area contributed by atoms with E-state index in [0.717, 1.165) is 18.0 Å². The topological polar surface area (TPSA) is 47.4 Å². The van der Waals surface area contributed by atoms with E-state index in [-0.39, 0.29) is 6.09 Å². The molecule has 1 rings (SSSR count). The summed E-state index contributed by atoms with van der Waals surface area (Å²) in [7, 11) is 1.76. The molecule has 1 heterocycles. The normalized spacial score (nSPS) is 12.3. The minimum absolute atomic E-state index is 0.329. The zero-order valence-corrected chi connectivity index (χ0v) is 15.0. The SMILES string of the molecule is CSCCn1cncc1C(C)(C)N(C)C(=O)OC(C)(C)C. The molecule has 0 aromatic carbocycles. The lowest BCUT2D eigenvalue weighted by Crippen LogP contribution is -2.46. The number of aryl methyl sites for hydroxylation is 1. The van der Waals surface area contributed by atoms with Crippen LogP contribution in [-0.4, -0.2) is 45.2 Å². The second kappa shape index (κ2) is 6.73. The van der Waals surface area contributed by atoms with Crippen molar-refractivity contribution in [2.24, 2.45) is 0 Å². The fourth-order valence-electron chi connectivity index (χ4n) is 1.93. The van der Waals surface area contributed by atoms with E-state index in [2.05, 4.69) is 15.8 Å². The Morgan fingerprint density at radius 3 is 2.52 bits per heavy atom. The molecule has 0 unspecified atom stereocenters. The van der Waals surface area contributed by atoms with Gasteiger partial charge < -0.3 is 14.2 Å². The van der Waals surface area contributed by atoms with Crippen molar-refractivity contribution in [3.8, 4) is 0 Å². The summed E-state index contributed by atoms with van der Waals surface area (Å²) in [5.41, 5.74) is 0.0162. The highest BCUT2D eigenvalue weighted by Gasteiger charge is 2.34. The van der Waals surface area contributed by atoms with Gasteiger partial charge in [-0.2, -0.15) is 11.8 Å². The van der Waals surface area contributed by atoms with Crippen molar-refractivity contribution in [2.45, 2.75) is 52.3 Å². The second-order valence-corrected chi connectivity index (χ2v) is 7.55. The monoisotopic (exact) mass is 313 g/mol. The van der Waals surface area contributed by atoms with E-state index in [1.165, 1.54) is 0 Å². The molecule has 0 saturated heterocycles. The molecule has 0 saturated carbocycles. The predicted octanol–water partition coefficient (Wildman–Crippen LogP) is 3.35. The molecule has 5 nitrogen and oxygen atoms in total. The molecule has 0 spiro atoms. The van der Waals surface area contributed by atoms with E-state index in [1.54, 1.807) is 23.7 Å². The number of rotatable bonds is 5. The Labute approximate surface area is 132 Å². The molecule has 0 atom stereocenters. The van der Waals surface area contributed by atoms with Crippen molar-refractivity contribution < 1.29 is 9.53 Å². The molecule has 0 aliphatic carbocycles. The van der Waals surface area contributed by atoms with Gasteiger partial charge >= 0.3 is 6.09 Å². The Hall–Kier alpha value is -1.17. The molecule has 1 aromatic heterocycles. The first kappa shape index (κ1) is 17.9. The minimum atomic E-state index is -0.499. The molecule has 0 N–H and O–H groups in total. The molecule has 0 bridgehead atoms. The number of ether oxygens (including phenoxy) is 1. The van der Waals surface area contributed by atoms with Gasteiger partial charge in [0.1, 0.15) is 5.60 Å². The molecule has 6 heteroatoms. The molecular weight excluding hydrogens is 286 g/mol.